The number of aliphatic hydroxyl groups is 1. The van der Waals surface area contributed by atoms with Crippen molar-refractivity contribution >= 4 is 11.7 Å². The number of carbonyl (C=O) groups is 2. The third kappa shape index (κ3) is 3.84. The molecule has 1 amide bonds. The number of nitrogens with one attached hydrogen (secondary N) is 2. The van der Waals surface area contributed by atoms with E-state index in [1.165, 1.54) is 0 Å². The average Bonchev–Trinajstić information content (AvgIpc) is 3.06. The van der Waals surface area contributed by atoms with Crippen LogP contribution in [0.4, 0.5) is 0 Å². The Hall–Kier alpha value is -2.50. The normalized spacial score (nSPS) is 19.3. The van der Waals surface area contributed by atoms with Crippen LogP contribution in [0.15, 0.2) is 42.5 Å². The van der Waals surface area contributed by atoms with Crippen molar-refractivity contribution in [2.75, 3.05) is 19.6 Å². The smallest absolute Gasteiger partial charge is 0.252 e. The molecule has 1 heterocycles. The van der Waals surface area contributed by atoms with E-state index in [1.54, 1.807) is 24.3 Å². The molecule has 5 nitrogen and oxygen atoms in total. The second kappa shape index (κ2) is 7.81. The second-order valence-electron chi connectivity index (χ2n) is 6.89. The lowest BCUT2D eigenvalue weighted by molar-refractivity contribution is 0.0917. The van der Waals surface area contributed by atoms with Gasteiger partial charge in [0.05, 0.1) is 11.7 Å². The van der Waals surface area contributed by atoms with Crippen molar-refractivity contribution in [1.29, 1.82) is 0 Å². The summed E-state index contributed by atoms with van der Waals surface area (Å²) in [6.45, 7) is 5.42. The lowest BCUT2D eigenvalue weighted by Crippen LogP contribution is -2.35. The van der Waals surface area contributed by atoms with E-state index in [9.17, 15) is 14.7 Å². The monoisotopic (exact) mass is 352 g/mol. The van der Waals surface area contributed by atoms with Crippen LogP contribution in [0.5, 0.6) is 0 Å². The summed E-state index contributed by atoms with van der Waals surface area (Å²) in [5.41, 5.74) is 3.25. The molecule has 0 bridgehead atoms. The summed E-state index contributed by atoms with van der Waals surface area (Å²) in [4.78, 5) is 25.7. The minimum absolute atomic E-state index is 0.0131. The maximum atomic E-state index is 13.0. The van der Waals surface area contributed by atoms with E-state index in [1.807, 2.05) is 32.0 Å². The van der Waals surface area contributed by atoms with Gasteiger partial charge in [-0.3, -0.25) is 9.59 Å². The van der Waals surface area contributed by atoms with Crippen molar-refractivity contribution in [3.05, 3.63) is 70.3 Å². The highest BCUT2D eigenvalue weighted by Gasteiger charge is 2.26. The van der Waals surface area contributed by atoms with E-state index in [-0.39, 0.29) is 17.6 Å². The molecule has 136 valence electrons. The van der Waals surface area contributed by atoms with E-state index in [4.69, 9.17) is 0 Å². The summed E-state index contributed by atoms with van der Waals surface area (Å²) < 4.78 is 0. The van der Waals surface area contributed by atoms with Crippen LogP contribution in [-0.4, -0.2) is 42.5 Å². The Labute approximate surface area is 153 Å². The molecule has 2 atom stereocenters. The van der Waals surface area contributed by atoms with Crippen LogP contribution in [0.1, 0.15) is 37.4 Å². The molecular weight excluding hydrogens is 328 g/mol. The molecule has 0 spiro atoms. The van der Waals surface area contributed by atoms with Gasteiger partial charge in [-0.25, -0.2) is 0 Å². The zero-order valence-corrected chi connectivity index (χ0v) is 15.1. The number of carbonyl (C=O) groups excluding carboxylic acids is 2. The molecule has 0 radical (unpaired) electrons. The number of β-amino-alcohol motifs (C(OH)–C–C–N with tert-alkyl or cyclic N) is 1. The van der Waals surface area contributed by atoms with Gasteiger partial charge in [-0.2, -0.15) is 0 Å². The van der Waals surface area contributed by atoms with E-state index in [0.717, 1.165) is 11.1 Å². The van der Waals surface area contributed by atoms with Crippen LogP contribution >= 0.6 is 0 Å². The molecule has 1 fully saturated rings. The number of aliphatic hydroxyl groups excluding tert-OH is 1. The van der Waals surface area contributed by atoms with E-state index < -0.39 is 6.10 Å². The molecule has 3 N–H and O–H groups in total. The Balaban J connectivity index is 1.82. The number of rotatable bonds is 5. The van der Waals surface area contributed by atoms with Gasteiger partial charge in [0.2, 0.25) is 0 Å². The number of hydrogen-bond acceptors (Lipinski definition) is 4. The predicted molar refractivity (Wildman–Crippen MR) is 100 cm³/mol. The molecule has 2 unspecified atom stereocenters. The first kappa shape index (κ1) is 18.3. The van der Waals surface area contributed by atoms with Gasteiger partial charge in [-0.05, 0) is 31.5 Å². The van der Waals surface area contributed by atoms with Gasteiger partial charge in [-0.1, -0.05) is 35.9 Å². The lowest BCUT2D eigenvalue weighted by Gasteiger charge is -2.15. The number of ketones is 1. The van der Waals surface area contributed by atoms with Crippen molar-refractivity contribution in [2.45, 2.75) is 20.0 Å². The standard InChI is InChI=1S/C21H24N2O3/c1-13-7-8-14(2)18(9-13)20(25)16-5-3-4-6-17(16)21(26)23-11-15-10-22-12-19(15)24/h3-9,15,19,22,24H,10-12H2,1-2H3,(H,23,26). The highest BCUT2D eigenvalue weighted by atomic mass is 16.3. The first-order chi connectivity index (χ1) is 12.5. The molecule has 0 saturated carbocycles. The maximum absolute atomic E-state index is 13.0. The highest BCUT2D eigenvalue weighted by Crippen LogP contribution is 2.19. The quantitative estimate of drug-likeness (QED) is 0.718. The topological polar surface area (TPSA) is 78.4 Å². The molecule has 0 aliphatic carbocycles. The average molecular weight is 352 g/mol. The summed E-state index contributed by atoms with van der Waals surface area (Å²) in [5, 5.41) is 15.8. The predicted octanol–water partition coefficient (Wildman–Crippen LogP) is 1.84. The Bertz CT molecular complexity index is 832. The molecular formula is C21H24N2O3. The Kier molecular flexibility index (Phi) is 5.49. The van der Waals surface area contributed by atoms with Gasteiger partial charge in [0.25, 0.3) is 5.91 Å². The van der Waals surface area contributed by atoms with Crippen LogP contribution in [0.3, 0.4) is 0 Å². The van der Waals surface area contributed by atoms with E-state index in [2.05, 4.69) is 10.6 Å². The third-order valence-corrected chi connectivity index (χ3v) is 4.88. The fourth-order valence-electron chi connectivity index (χ4n) is 3.25. The van der Waals surface area contributed by atoms with Crippen LogP contribution in [0, 0.1) is 19.8 Å². The van der Waals surface area contributed by atoms with Gasteiger partial charge in [0, 0.05) is 36.7 Å². The molecule has 1 aliphatic heterocycles. The van der Waals surface area contributed by atoms with Gasteiger partial charge in [-0.15, -0.1) is 0 Å². The van der Waals surface area contributed by atoms with Crippen LogP contribution in [-0.2, 0) is 0 Å². The van der Waals surface area contributed by atoms with Crippen LogP contribution < -0.4 is 10.6 Å². The van der Waals surface area contributed by atoms with E-state index in [0.29, 0.717) is 36.3 Å². The van der Waals surface area contributed by atoms with Gasteiger partial charge >= 0.3 is 0 Å². The van der Waals surface area contributed by atoms with Crippen molar-refractivity contribution in [3.8, 4) is 0 Å². The minimum atomic E-state index is -0.456. The molecule has 2 aromatic rings. The second-order valence-corrected chi connectivity index (χ2v) is 6.89. The van der Waals surface area contributed by atoms with Gasteiger partial charge in [0.15, 0.2) is 5.78 Å². The lowest BCUT2D eigenvalue weighted by atomic mass is 9.94. The van der Waals surface area contributed by atoms with Crippen LogP contribution in [0.2, 0.25) is 0 Å². The molecule has 26 heavy (non-hydrogen) atoms. The minimum Gasteiger partial charge on any atom is -0.391 e. The SMILES string of the molecule is Cc1ccc(C)c(C(=O)c2ccccc2C(=O)NCC2CNCC2O)c1. The number of amides is 1. The van der Waals surface area contributed by atoms with Gasteiger partial charge in [0.1, 0.15) is 0 Å². The van der Waals surface area contributed by atoms with Crippen molar-refractivity contribution in [2.24, 2.45) is 5.92 Å². The summed E-state index contributed by atoms with van der Waals surface area (Å²) in [6.07, 6.45) is -0.456. The Morgan fingerprint density at radius 1 is 1.08 bits per heavy atom. The van der Waals surface area contributed by atoms with Crippen LogP contribution in [0.25, 0.3) is 0 Å². The van der Waals surface area contributed by atoms with Crippen molar-refractivity contribution in [1.82, 2.24) is 10.6 Å². The highest BCUT2D eigenvalue weighted by molar-refractivity contribution is 6.15. The fourth-order valence-corrected chi connectivity index (χ4v) is 3.25. The van der Waals surface area contributed by atoms with Crippen molar-refractivity contribution < 1.29 is 14.7 Å². The third-order valence-electron chi connectivity index (χ3n) is 4.88. The zero-order valence-electron chi connectivity index (χ0n) is 15.1. The summed E-state index contributed by atoms with van der Waals surface area (Å²) in [5.74, 6) is -0.460. The Morgan fingerprint density at radius 2 is 1.81 bits per heavy atom. The first-order valence-corrected chi connectivity index (χ1v) is 8.85. The summed E-state index contributed by atoms with van der Waals surface area (Å²) in [7, 11) is 0. The molecule has 2 aromatic carbocycles. The zero-order chi connectivity index (χ0) is 18.7. The summed E-state index contributed by atoms with van der Waals surface area (Å²) >= 11 is 0. The largest absolute Gasteiger partial charge is 0.391 e. The maximum Gasteiger partial charge on any atom is 0.252 e. The summed E-state index contributed by atoms with van der Waals surface area (Å²) in [6, 6.07) is 12.6. The van der Waals surface area contributed by atoms with Gasteiger partial charge < -0.3 is 15.7 Å². The fraction of sp³-hybridized carbons (Fsp3) is 0.333. The number of benzene rings is 2. The molecule has 5 heteroatoms. The first-order valence-electron chi connectivity index (χ1n) is 8.85. The van der Waals surface area contributed by atoms with Crippen molar-refractivity contribution in [3.63, 3.8) is 0 Å². The molecule has 0 aromatic heterocycles. The molecule has 1 aliphatic rings. The van der Waals surface area contributed by atoms with E-state index >= 15 is 0 Å². The Morgan fingerprint density at radius 3 is 2.50 bits per heavy atom. The molecule has 3 rings (SSSR count). The number of aryl methyl sites for hydroxylation is 2. The molecule has 1 saturated heterocycles. The number of hydrogen-bond donors (Lipinski definition) is 3.